The van der Waals surface area contributed by atoms with Crippen LogP contribution in [0.1, 0.15) is 30.4 Å². The summed E-state index contributed by atoms with van der Waals surface area (Å²) in [6.45, 7) is 0. The molecule has 0 spiro atoms. The van der Waals surface area contributed by atoms with E-state index in [1.54, 1.807) is 0 Å². The number of hydrogen-bond donors (Lipinski definition) is 0. The molecule has 0 fully saturated rings. The third-order valence-corrected chi connectivity index (χ3v) is 3.31. The fourth-order valence-electron chi connectivity index (χ4n) is 2.13. The van der Waals surface area contributed by atoms with Gasteiger partial charge in [-0.25, -0.2) is 0 Å². The molecule has 20 heavy (non-hydrogen) atoms. The summed E-state index contributed by atoms with van der Waals surface area (Å²) in [5.41, 5.74) is 4.28. The fourth-order valence-corrected chi connectivity index (χ4v) is 2.13. The smallest absolute Gasteiger partial charge is 0.0991 e. The molecule has 0 unspecified atom stereocenters. The molecule has 2 heteroatoms. The van der Waals surface area contributed by atoms with Crippen molar-refractivity contribution in [3.8, 4) is 23.3 Å². The first-order valence-corrected chi connectivity index (χ1v) is 6.80. The zero-order valence-corrected chi connectivity index (χ0v) is 11.3. The molecule has 0 saturated carbocycles. The summed E-state index contributed by atoms with van der Waals surface area (Å²) in [4.78, 5) is 0. The molecule has 0 heterocycles. The van der Waals surface area contributed by atoms with Crippen molar-refractivity contribution >= 4 is 0 Å². The summed E-state index contributed by atoms with van der Waals surface area (Å²) < 4.78 is 0. The summed E-state index contributed by atoms with van der Waals surface area (Å²) >= 11 is 0. The van der Waals surface area contributed by atoms with Gasteiger partial charge in [0.05, 0.1) is 17.7 Å². The van der Waals surface area contributed by atoms with E-state index in [9.17, 15) is 0 Å². The lowest BCUT2D eigenvalue weighted by atomic mass is 10.0. The van der Waals surface area contributed by atoms with Gasteiger partial charge in [-0.1, -0.05) is 36.4 Å². The van der Waals surface area contributed by atoms with Gasteiger partial charge in [0.1, 0.15) is 0 Å². The highest BCUT2D eigenvalue weighted by Crippen LogP contribution is 2.20. The Balaban J connectivity index is 2.00. The van der Waals surface area contributed by atoms with Crippen molar-refractivity contribution in [3.63, 3.8) is 0 Å². The predicted molar refractivity (Wildman–Crippen MR) is 79.8 cm³/mol. The molecular formula is C18H16N2. The van der Waals surface area contributed by atoms with E-state index in [1.165, 1.54) is 5.56 Å². The quantitative estimate of drug-likeness (QED) is 0.745. The molecular weight excluding hydrogens is 244 g/mol. The number of unbranched alkanes of at least 4 members (excludes halogenated alkanes) is 2. The van der Waals surface area contributed by atoms with Crippen LogP contribution in [0, 0.1) is 22.7 Å². The highest BCUT2D eigenvalue weighted by Gasteiger charge is 1.99. The molecule has 0 saturated heterocycles. The number of nitriles is 2. The van der Waals surface area contributed by atoms with E-state index >= 15 is 0 Å². The Kier molecular flexibility index (Phi) is 4.93. The average Bonchev–Trinajstić information content (AvgIpc) is 2.52. The van der Waals surface area contributed by atoms with E-state index in [0.29, 0.717) is 12.0 Å². The SMILES string of the molecule is N#CCCCCc1ccc(-c2ccc(C#N)cc2)cc1. The number of aryl methyl sites for hydroxylation is 1. The van der Waals surface area contributed by atoms with Gasteiger partial charge in [0.15, 0.2) is 0 Å². The van der Waals surface area contributed by atoms with Crippen molar-refractivity contribution in [1.82, 2.24) is 0 Å². The molecule has 0 atom stereocenters. The van der Waals surface area contributed by atoms with Crippen LogP contribution in [0.3, 0.4) is 0 Å². The molecule has 0 aliphatic carbocycles. The average molecular weight is 260 g/mol. The lowest BCUT2D eigenvalue weighted by Gasteiger charge is -2.04. The Hall–Kier alpha value is -2.58. The molecule has 0 aromatic heterocycles. The summed E-state index contributed by atoms with van der Waals surface area (Å²) in [5, 5.41) is 17.3. The topological polar surface area (TPSA) is 47.6 Å². The number of hydrogen-bond acceptors (Lipinski definition) is 2. The molecule has 0 aliphatic heterocycles. The molecule has 2 nitrogen and oxygen atoms in total. The second-order valence-electron chi connectivity index (χ2n) is 4.75. The Morgan fingerprint density at radius 1 is 0.750 bits per heavy atom. The maximum absolute atomic E-state index is 8.79. The lowest BCUT2D eigenvalue weighted by molar-refractivity contribution is 0.753. The molecule has 0 amide bonds. The first-order valence-electron chi connectivity index (χ1n) is 6.80. The minimum atomic E-state index is 0.642. The standard InChI is InChI=1S/C18H16N2/c19-13-3-1-2-4-15-5-9-17(10-6-15)18-11-7-16(14-20)8-12-18/h5-12H,1-4H2. The molecule has 2 rings (SSSR count). The van der Waals surface area contributed by atoms with Gasteiger partial charge in [0.2, 0.25) is 0 Å². The van der Waals surface area contributed by atoms with Crippen molar-refractivity contribution in [1.29, 1.82) is 10.5 Å². The van der Waals surface area contributed by atoms with Crippen molar-refractivity contribution < 1.29 is 0 Å². The minimum Gasteiger partial charge on any atom is -0.198 e. The van der Waals surface area contributed by atoms with Gasteiger partial charge >= 0.3 is 0 Å². The van der Waals surface area contributed by atoms with E-state index in [0.717, 1.165) is 30.4 Å². The van der Waals surface area contributed by atoms with Gasteiger partial charge in [-0.15, -0.1) is 0 Å². The summed E-state index contributed by atoms with van der Waals surface area (Å²) in [6, 6.07) is 20.4. The highest BCUT2D eigenvalue weighted by molar-refractivity contribution is 5.64. The summed E-state index contributed by atoms with van der Waals surface area (Å²) in [7, 11) is 0. The predicted octanol–water partition coefficient (Wildman–Crippen LogP) is 4.46. The Morgan fingerprint density at radius 2 is 1.35 bits per heavy atom. The van der Waals surface area contributed by atoms with Gasteiger partial charge in [-0.2, -0.15) is 10.5 Å². The maximum Gasteiger partial charge on any atom is 0.0991 e. The van der Waals surface area contributed by atoms with Crippen LogP contribution < -0.4 is 0 Å². The second-order valence-corrected chi connectivity index (χ2v) is 4.75. The first kappa shape index (κ1) is 13.8. The lowest BCUT2D eigenvalue weighted by Crippen LogP contribution is -1.86. The van der Waals surface area contributed by atoms with Gasteiger partial charge < -0.3 is 0 Å². The van der Waals surface area contributed by atoms with E-state index < -0.39 is 0 Å². The van der Waals surface area contributed by atoms with E-state index in [4.69, 9.17) is 10.5 Å². The normalized spacial score (nSPS) is 9.70. The molecule has 0 bridgehead atoms. The van der Waals surface area contributed by atoms with Crippen molar-refractivity contribution in [2.24, 2.45) is 0 Å². The number of benzene rings is 2. The molecule has 0 N–H and O–H groups in total. The van der Waals surface area contributed by atoms with E-state index in [-0.39, 0.29) is 0 Å². The Morgan fingerprint density at radius 3 is 1.90 bits per heavy atom. The van der Waals surface area contributed by atoms with Crippen LogP contribution >= 0.6 is 0 Å². The molecule has 2 aromatic rings. The van der Waals surface area contributed by atoms with Crippen molar-refractivity contribution in [2.75, 3.05) is 0 Å². The van der Waals surface area contributed by atoms with Crippen LogP contribution in [-0.4, -0.2) is 0 Å². The fraction of sp³-hybridized carbons (Fsp3) is 0.222. The number of nitrogens with zero attached hydrogens (tertiary/aromatic N) is 2. The Bertz CT molecular complexity index is 625. The zero-order valence-electron chi connectivity index (χ0n) is 11.3. The summed E-state index contributed by atoms with van der Waals surface area (Å²) in [6.07, 6.45) is 3.69. The molecule has 0 aliphatic rings. The third-order valence-electron chi connectivity index (χ3n) is 3.31. The molecule has 2 aromatic carbocycles. The zero-order chi connectivity index (χ0) is 14.2. The maximum atomic E-state index is 8.79. The van der Waals surface area contributed by atoms with Gasteiger partial charge in [0, 0.05) is 6.42 Å². The van der Waals surface area contributed by atoms with Crippen LogP contribution in [0.2, 0.25) is 0 Å². The third kappa shape index (κ3) is 3.70. The van der Waals surface area contributed by atoms with Crippen LogP contribution in [0.15, 0.2) is 48.5 Å². The molecule has 0 radical (unpaired) electrons. The van der Waals surface area contributed by atoms with Crippen molar-refractivity contribution in [2.45, 2.75) is 25.7 Å². The van der Waals surface area contributed by atoms with Crippen LogP contribution in [0.25, 0.3) is 11.1 Å². The van der Waals surface area contributed by atoms with Crippen LogP contribution in [0.5, 0.6) is 0 Å². The monoisotopic (exact) mass is 260 g/mol. The largest absolute Gasteiger partial charge is 0.198 e. The number of rotatable bonds is 5. The highest BCUT2D eigenvalue weighted by atomic mass is 14.2. The van der Waals surface area contributed by atoms with E-state index in [1.807, 2.05) is 24.3 Å². The Labute approximate surface area is 119 Å². The van der Waals surface area contributed by atoms with Crippen LogP contribution in [-0.2, 0) is 6.42 Å². The van der Waals surface area contributed by atoms with Crippen LogP contribution in [0.4, 0.5) is 0 Å². The van der Waals surface area contributed by atoms with Crippen molar-refractivity contribution in [3.05, 3.63) is 59.7 Å². The first-order chi connectivity index (χ1) is 9.83. The van der Waals surface area contributed by atoms with Gasteiger partial charge in [-0.3, -0.25) is 0 Å². The van der Waals surface area contributed by atoms with E-state index in [2.05, 4.69) is 36.4 Å². The summed E-state index contributed by atoms with van der Waals surface area (Å²) in [5.74, 6) is 0. The molecule has 98 valence electrons. The van der Waals surface area contributed by atoms with Gasteiger partial charge in [-0.05, 0) is 48.1 Å². The van der Waals surface area contributed by atoms with Gasteiger partial charge in [0.25, 0.3) is 0 Å². The minimum absolute atomic E-state index is 0.642. The second kappa shape index (κ2) is 7.12.